The zero-order chi connectivity index (χ0) is 26.3. The summed E-state index contributed by atoms with van der Waals surface area (Å²) < 4.78 is 12.4. The molecule has 186 valence electrons. The standard InChI is InChI=1S/C30H30BNO4Si/c1-29(2)30(3,4)36-31(35-29)27-21-20-26(22-28(27)32(33)34)37(23-14-8-5-9-15-23,24-16-10-6-11-17-24)25-18-12-7-13-19-25/h5-22H,1-4H3. The molecule has 0 saturated carbocycles. The van der Waals surface area contributed by atoms with Gasteiger partial charge in [-0.1, -0.05) is 103 Å². The van der Waals surface area contributed by atoms with Crippen molar-refractivity contribution < 1.29 is 14.2 Å². The zero-order valence-electron chi connectivity index (χ0n) is 21.5. The number of nitro benzene ring substituents is 1. The highest BCUT2D eigenvalue weighted by molar-refractivity contribution is 7.20. The molecule has 0 atom stereocenters. The van der Waals surface area contributed by atoms with Crippen molar-refractivity contribution in [3.05, 3.63) is 119 Å². The quantitative estimate of drug-likeness (QED) is 0.174. The Kier molecular flexibility index (Phi) is 6.40. The van der Waals surface area contributed by atoms with E-state index in [1.54, 1.807) is 6.07 Å². The van der Waals surface area contributed by atoms with Gasteiger partial charge in [0.05, 0.1) is 21.6 Å². The molecular formula is C30H30BNO4Si. The van der Waals surface area contributed by atoms with Crippen molar-refractivity contribution in [1.29, 1.82) is 0 Å². The summed E-state index contributed by atoms with van der Waals surface area (Å²) in [6.07, 6.45) is 0. The predicted octanol–water partition coefficient (Wildman–Crippen LogP) is 3.27. The van der Waals surface area contributed by atoms with Gasteiger partial charge < -0.3 is 9.31 Å². The molecule has 0 radical (unpaired) electrons. The van der Waals surface area contributed by atoms with E-state index in [0.717, 1.165) is 20.7 Å². The molecule has 1 fully saturated rings. The van der Waals surface area contributed by atoms with Crippen LogP contribution in [0.2, 0.25) is 0 Å². The summed E-state index contributed by atoms with van der Waals surface area (Å²) in [6, 6.07) is 36.7. The van der Waals surface area contributed by atoms with Gasteiger partial charge in [-0.15, -0.1) is 0 Å². The third-order valence-corrected chi connectivity index (χ3v) is 12.6. The molecule has 0 aromatic heterocycles. The smallest absolute Gasteiger partial charge is 0.399 e. The second-order valence-corrected chi connectivity index (χ2v) is 14.3. The van der Waals surface area contributed by atoms with Gasteiger partial charge in [0.2, 0.25) is 0 Å². The lowest BCUT2D eigenvalue weighted by molar-refractivity contribution is -0.383. The van der Waals surface area contributed by atoms with Gasteiger partial charge in [-0.2, -0.15) is 0 Å². The number of hydrogen-bond acceptors (Lipinski definition) is 4. The van der Waals surface area contributed by atoms with E-state index in [0.29, 0.717) is 5.46 Å². The van der Waals surface area contributed by atoms with Crippen LogP contribution >= 0.6 is 0 Å². The Hall–Kier alpha value is -3.52. The minimum atomic E-state index is -2.88. The van der Waals surface area contributed by atoms with Crippen LogP contribution in [0.5, 0.6) is 0 Å². The first kappa shape index (κ1) is 25.1. The lowest BCUT2D eigenvalue weighted by Gasteiger charge is -2.34. The predicted molar refractivity (Wildman–Crippen MR) is 152 cm³/mol. The van der Waals surface area contributed by atoms with Crippen molar-refractivity contribution in [2.75, 3.05) is 0 Å². The molecule has 4 aromatic rings. The summed E-state index contributed by atoms with van der Waals surface area (Å²) in [4.78, 5) is 12.2. The second kappa shape index (κ2) is 9.41. The van der Waals surface area contributed by atoms with Crippen molar-refractivity contribution in [1.82, 2.24) is 0 Å². The Morgan fingerprint density at radius 1 is 0.649 bits per heavy atom. The van der Waals surface area contributed by atoms with Gasteiger partial charge in [-0.25, -0.2) is 0 Å². The van der Waals surface area contributed by atoms with Crippen LogP contribution in [-0.2, 0) is 9.31 Å². The molecule has 0 spiro atoms. The Morgan fingerprint density at radius 2 is 1.05 bits per heavy atom. The second-order valence-electron chi connectivity index (χ2n) is 10.5. The van der Waals surface area contributed by atoms with E-state index in [9.17, 15) is 10.1 Å². The summed E-state index contributed by atoms with van der Waals surface area (Å²) in [7, 11) is -3.70. The zero-order valence-corrected chi connectivity index (χ0v) is 22.5. The van der Waals surface area contributed by atoms with Crippen LogP contribution in [-0.4, -0.2) is 31.3 Å². The number of hydrogen-bond donors (Lipinski definition) is 0. The van der Waals surface area contributed by atoms with Crippen LogP contribution in [0.25, 0.3) is 0 Å². The van der Waals surface area contributed by atoms with E-state index >= 15 is 0 Å². The van der Waals surface area contributed by atoms with Crippen LogP contribution in [0.15, 0.2) is 109 Å². The SMILES string of the molecule is CC1(C)OB(c2ccc([Si](c3ccccc3)(c3ccccc3)c3ccccc3)cc2[N+](=O)[O-])OC1(C)C. The first-order chi connectivity index (χ1) is 17.7. The molecule has 0 amide bonds. The summed E-state index contributed by atoms with van der Waals surface area (Å²) in [5, 5.41) is 16.9. The fraction of sp³-hybridized carbons (Fsp3) is 0.200. The molecule has 1 heterocycles. The highest BCUT2D eigenvalue weighted by atomic mass is 28.3. The van der Waals surface area contributed by atoms with E-state index in [1.165, 1.54) is 0 Å². The number of nitro groups is 1. The van der Waals surface area contributed by atoms with Gasteiger partial charge in [-0.3, -0.25) is 10.1 Å². The minimum absolute atomic E-state index is 0.00988. The molecule has 1 saturated heterocycles. The minimum Gasteiger partial charge on any atom is -0.399 e. The van der Waals surface area contributed by atoms with E-state index in [4.69, 9.17) is 9.31 Å². The number of rotatable bonds is 6. The summed E-state index contributed by atoms with van der Waals surface area (Å²) in [5.41, 5.74) is -0.748. The van der Waals surface area contributed by atoms with Crippen LogP contribution in [0, 0.1) is 10.1 Å². The highest BCUT2D eigenvalue weighted by Crippen LogP contribution is 2.37. The Morgan fingerprint density at radius 3 is 1.43 bits per heavy atom. The average Bonchev–Trinajstić information content (AvgIpc) is 3.12. The fourth-order valence-corrected chi connectivity index (χ4v) is 9.93. The van der Waals surface area contributed by atoms with Gasteiger partial charge in [0.15, 0.2) is 8.07 Å². The third kappa shape index (κ3) is 4.23. The van der Waals surface area contributed by atoms with Crippen molar-refractivity contribution in [2.45, 2.75) is 38.9 Å². The van der Waals surface area contributed by atoms with Gasteiger partial charge in [0, 0.05) is 6.07 Å². The van der Waals surface area contributed by atoms with Crippen molar-refractivity contribution in [3.63, 3.8) is 0 Å². The summed E-state index contributed by atoms with van der Waals surface area (Å²) in [5.74, 6) is 0. The lowest BCUT2D eigenvalue weighted by Crippen LogP contribution is -2.74. The molecule has 7 heteroatoms. The first-order valence-electron chi connectivity index (χ1n) is 12.5. The maximum Gasteiger partial charge on any atom is 0.501 e. The largest absolute Gasteiger partial charge is 0.501 e. The Balaban J connectivity index is 1.78. The number of nitrogens with zero attached hydrogens (tertiary/aromatic N) is 1. The molecule has 4 aromatic carbocycles. The normalized spacial score (nSPS) is 16.5. The van der Waals surface area contributed by atoms with Crippen molar-refractivity contribution in [2.24, 2.45) is 0 Å². The average molecular weight is 507 g/mol. The maximum absolute atomic E-state index is 12.5. The molecular weight excluding hydrogens is 477 g/mol. The molecule has 37 heavy (non-hydrogen) atoms. The topological polar surface area (TPSA) is 61.6 Å². The highest BCUT2D eigenvalue weighted by Gasteiger charge is 2.53. The molecule has 5 rings (SSSR count). The summed E-state index contributed by atoms with van der Waals surface area (Å²) in [6.45, 7) is 7.80. The van der Waals surface area contributed by atoms with Gasteiger partial charge in [-0.05, 0) is 48.4 Å². The maximum atomic E-state index is 12.5. The molecule has 0 N–H and O–H groups in total. The van der Waals surface area contributed by atoms with Gasteiger partial charge >= 0.3 is 7.12 Å². The summed E-state index contributed by atoms with van der Waals surface area (Å²) >= 11 is 0. The molecule has 5 nitrogen and oxygen atoms in total. The molecule has 1 aliphatic heterocycles. The van der Waals surface area contributed by atoms with Crippen molar-refractivity contribution in [3.8, 4) is 0 Å². The first-order valence-corrected chi connectivity index (χ1v) is 14.5. The van der Waals surface area contributed by atoms with E-state index in [1.807, 2.05) is 94.4 Å². The van der Waals surface area contributed by atoms with Crippen LogP contribution < -0.4 is 26.2 Å². The molecule has 0 unspecified atom stereocenters. The lowest BCUT2D eigenvalue weighted by atomic mass is 9.78. The monoisotopic (exact) mass is 507 g/mol. The van der Waals surface area contributed by atoms with Crippen LogP contribution in [0.3, 0.4) is 0 Å². The van der Waals surface area contributed by atoms with E-state index in [-0.39, 0.29) is 10.6 Å². The Labute approximate surface area is 219 Å². The van der Waals surface area contributed by atoms with Crippen LogP contribution in [0.1, 0.15) is 27.7 Å². The van der Waals surface area contributed by atoms with Crippen molar-refractivity contribution >= 4 is 47.1 Å². The van der Waals surface area contributed by atoms with Gasteiger partial charge in [0.25, 0.3) is 5.69 Å². The fourth-order valence-electron chi connectivity index (χ4n) is 5.17. The number of benzene rings is 4. The molecule has 1 aliphatic rings. The van der Waals surface area contributed by atoms with Gasteiger partial charge in [0.1, 0.15) is 0 Å². The third-order valence-electron chi connectivity index (χ3n) is 7.79. The van der Waals surface area contributed by atoms with E-state index in [2.05, 4.69) is 36.4 Å². The van der Waals surface area contributed by atoms with E-state index < -0.39 is 26.4 Å². The molecule has 0 bridgehead atoms. The Bertz CT molecular complexity index is 1300. The molecule has 0 aliphatic carbocycles. The van der Waals surface area contributed by atoms with Crippen LogP contribution in [0.4, 0.5) is 5.69 Å².